The van der Waals surface area contributed by atoms with Gasteiger partial charge in [-0.05, 0) is 54.8 Å². The standard InChI is InChI=1S/C21H21N3O4S/c1-13(25)22-14-7-9-15(10-8-14)23-19(26)18(11-12-29-2)24-20(27)16-5-3-4-6-17(16)21(24)28/h3-10,18H,11-12H2,1-2H3,(H,22,25)(H,23,26)/t18-/m0/s1. The zero-order valence-corrected chi connectivity index (χ0v) is 16.9. The summed E-state index contributed by atoms with van der Waals surface area (Å²) in [5, 5.41) is 5.42. The predicted octanol–water partition coefficient (Wildman–Crippen LogP) is 3.00. The third kappa shape index (κ3) is 4.48. The van der Waals surface area contributed by atoms with Crippen LogP contribution in [0.25, 0.3) is 0 Å². The lowest BCUT2D eigenvalue weighted by Gasteiger charge is -2.25. The van der Waals surface area contributed by atoms with Crippen LogP contribution in [0, 0.1) is 0 Å². The third-order valence-corrected chi connectivity index (χ3v) is 5.15. The number of fused-ring (bicyclic) bond motifs is 1. The van der Waals surface area contributed by atoms with Gasteiger partial charge in [-0.3, -0.25) is 24.1 Å². The molecule has 2 aromatic rings. The first-order chi connectivity index (χ1) is 13.9. The van der Waals surface area contributed by atoms with Gasteiger partial charge in [-0.1, -0.05) is 12.1 Å². The Bertz CT molecular complexity index is 924. The molecule has 0 unspecified atom stereocenters. The van der Waals surface area contributed by atoms with Crippen LogP contribution in [-0.2, 0) is 9.59 Å². The van der Waals surface area contributed by atoms with E-state index < -0.39 is 23.8 Å². The molecule has 1 heterocycles. The van der Waals surface area contributed by atoms with Gasteiger partial charge in [-0.2, -0.15) is 11.8 Å². The normalized spacial score (nSPS) is 13.8. The van der Waals surface area contributed by atoms with Crippen LogP contribution in [-0.4, -0.2) is 46.6 Å². The number of nitrogens with zero attached hydrogens (tertiary/aromatic N) is 1. The highest BCUT2D eigenvalue weighted by Gasteiger charge is 2.42. The van der Waals surface area contributed by atoms with E-state index in [1.807, 2.05) is 6.26 Å². The smallest absolute Gasteiger partial charge is 0.262 e. The molecule has 0 spiro atoms. The number of nitrogens with one attached hydrogen (secondary N) is 2. The predicted molar refractivity (Wildman–Crippen MR) is 113 cm³/mol. The van der Waals surface area contributed by atoms with Gasteiger partial charge >= 0.3 is 0 Å². The SMILES string of the molecule is CSCC[C@@H](C(=O)Nc1ccc(NC(C)=O)cc1)N1C(=O)c2ccccc2C1=O. The second kappa shape index (κ2) is 8.91. The number of rotatable bonds is 7. The van der Waals surface area contributed by atoms with Gasteiger partial charge in [0.15, 0.2) is 0 Å². The van der Waals surface area contributed by atoms with Crippen LogP contribution in [0.5, 0.6) is 0 Å². The first kappa shape index (κ1) is 20.6. The Morgan fingerprint density at radius 3 is 1.93 bits per heavy atom. The third-order valence-electron chi connectivity index (χ3n) is 4.51. The Hall–Kier alpha value is -3.13. The number of anilines is 2. The molecule has 2 aromatic carbocycles. The average Bonchev–Trinajstić information content (AvgIpc) is 2.95. The van der Waals surface area contributed by atoms with Gasteiger partial charge in [-0.25, -0.2) is 0 Å². The van der Waals surface area contributed by atoms with Gasteiger partial charge < -0.3 is 10.6 Å². The van der Waals surface area contributed by atoms with E-state index in [0.29, 0.717) is 34.7 Å². The fourth-order valence-corrected chi connectivity index (χ4v) is 3.62. The Labute approximate surface area is 172 Å². The molecule has 0 radical (unpaired) electrons. The van der Waals surface area contributed by atoms with Crippen LogP contribution in [0.15, 0.2) is 48.5 Å². The molecular formula is C21H21N3O4S. The van der Waals surface area contributed by atoms with Crippen molar-refractivity contribution in [3.8, 4) is 0 Å². The van der Waals surface area contributed by atoms with Crippen LogP contribution in [0.2, 0.25) is 0 Å². The summed E-state index contributed by atoms with van der Waals surface area (Å²) in [4.78, 5) is 50.7. The summed E-state index contributed by atoms with van der Waals surface area (Å²) in [6.07, 6.45) is 2.25. The van der Waals surface area contributed by atoms with Gasteiger partial charge in [0.1, 0.15) is 6.04 Å². The number of carbonyl (C=O) groups excluding carboxylic acids is 4. The summed E-state index contributed by atoms with van der Waals surface area (Å²) in [6.45, 7) is 1.41. The van der Waals surface area contributed by atoms with Gasteiger partial charge in [-0.15, -0.1) is 0 Å². The van der Waals surface area contributed by atoms with E-state index in [0.717, 1.165) is 4.90 Å². The number of hydrogen-bond acceptors (Lipinski definition) is 5. The van der Waals surface area contributed by atoms with E-state index in [4.69, 9.17) is 0 Å². The molecule has 150 valence electrons. The fraction of sp³-hybridized carbons (Fsp3) is 0.238. The molecule has 1 aliphatic heterocycles. The Morgan fingerprint density at radius 1 is 0.931 bits per heavy atom. The molecule has 4 amide bonds. The molecule has 0 bridgehead atoms. The summed E-state index contributed by atoms with van der Waals surface area (Å²) in [6, 6.07) is 12.3. The van der Waals surface area contributed by atoms with Gasteiger partial charge in [0.2, 0.25) is 11.8 Å². The van der Waals surface area contributed by atoms with E-state index >= 15 is 0 Å². The molecule has 0 fully saturated rings. The molecule has 0 aromatic heterocycles. The molecule has 0 saturated heterocycles. The largest absolute Gasteiger partial charge is 0.326 e. The summed E-state index contributed by atoms with van der Waals surface area (Å²) in [7, 11) is 0. The van der Waals surface area contributed by atoms with Crippen molar-refractivity contribution in [1.29, 1.82) is 0 Å². The highest BCUT2D eigenvalue weighted by molar-refractivity contribution is 7.98. The van der Waals surface area contributed by atoms with Crippen molar-refractivity contribution >= 4 is 46.8 Å². The molecule has 1 aliphatic rings. The molecule has 0 aliphatic carbocycles. The van der Waals surface area contributed by atoms with Crippen LogP contribution in [0.4, 0.5) is 11.4 Å². The molecule has 0 saturated carbocycles. The lowest BCUT2D eigenvalue weighted by molar-refractivity contribution is -0.120. The number of carbonyl (C=O) groups is 4. The minimum absolute atomic E-state index is 0.190. The fourth-order valence-electron chi connectivity index (χ4n) is 3.16. The maximum absolute atomic E-state index is 13.0. The van der Waals surface area contributed by atoms with Crippen LogP contribution >= 0.6 is 11.8 Å². The molecule has 3 rings (SSSR count). The second-order valence-electron chi connectivity index (χ2n) is 6.57. The lowest BCUT2D eigenvalue weighted by Crippen LogP contribution is -2.47. The summed E-state index contributed by atoms with van der Waals surface area (Å²) in [5.41, 5.74) is 1.75. The van der Waals surface area contributed by atoms with Crippen molar-refractivity contribution in [2.24, 2.45) is 0 Å². The minimum atomic E-state index is -0.912. The van der Waals surface area contributed by atoms with Gasteiger partial charge in [0, 0.05) is 18.3 Å². The number of benzene rings is 2. The van der Waals surface area contributed by atoms with Crippen molar-refractivity contribution in [3.63, 3.8) is 0 Å². The maximum atomic E-state index is 13.0. The molecule has 2 N–H and O–H groups in total. The second-order valence-corrected chi connectivity index (χ2v) is 7.56. The van der Waals surface area contributed by atoms with Gasteiger partial charge in [0.05, 0.1) is 11.1 Å². The number of imide groups is 1. The van der Waals surface area contributed by atoms with E-state index in [2.05, 4.69) is 10.6 Å². The van der Waals surface area contributed by atoms with Crippen LogP contribution in [0.1, 0.15) is 34.1 Å². The molecule has 8 heteroatoms. The van der Waals surface area contributed by atoms with Gasteiger partial charge in [0.25, 0.3) is 11.8 Å². The Morgan fingerprint density at radius 2 is 1.45 bits per heavy atom. The Balaban J connectivity index is 1.80. The lowest BCUT2D eigenvalue weighted by atomic mass is 10.1. The van der Waals surface area contributed by atoms with E-state index in [1.54, 1.807) is 48.5 Å². The van der Waals surface area contributed by atoms with Crippen molar-refractivity contribution in [3.05, 3.63) is 59.7 Å². The summed E-state index contributed by atoms with van der Waals surface area (Å²) < 4.78 is 0. The number of thioether (sulfide) groups is 1. The number of hydrogen-bond donors (Lipinski definition) is 2. The topological polar surface area (TPSA) is 95.6 Å². The van der Waals surface area contributed by atoms with Crippen molar-refractivity contribution < 1.29 is 19.2 Å². The Kier molecular flexibility index (Phi) is 6.33. The average molecular weight is 411 g/mol. The minimum Gasteiger partial charge on any atom is -0.326 e. The van der Waals surface area contributed by atoms with E-state index in [9.17, 15) is 19.2 Å². The van der Waals surface area contributed by atoms with Crippen LogP contribution < -0.4 is 10.6 Å². The van der Waals surface area contributed by atoms with E-state index in [-0.39, 0.29) is 5.91 Å². The first-order valence-electron chi connectivity index (χ1n) is 9.06. The molecule has 1 atom stereocenters. The van der Waals surface area contributed by atoms with E-state index in [1.165, 1.54) is 18.7 Å². The maximum Gasteiger partial charge on any atom is 0.262 e. The first-order valence-corrected chi connectivity index (χ1v) is 10.5. The van der Waals surface area contributed by atoms with Crippen molar-refractivity contribution in [2.45, 2.75) is 19.4 Å². The zero-order chi connectivity index (χ0) is 21.0. The monoisotopic (exact) mass is 411 g/mol. The van der Waals surface area contributed by atoms with Crippen molar-refractivity contribution in [1.82, 2.24) is 4.90 Å². The highest BCUT2D eigenvalue weighted by Crippen LogP contribution is 2.27. The quantitative estimate of drug-likeness (QED) is 0.683. The molecule has 29 heavy (non-hydrogen) atoms. The zero-order valence-electron chi connectivity index (χ0n) is 16.1. The van der Waals surface area contributed by atoms with Crippen molar-refractivity contribution in [2.75, 3.05) is 22.6 Å². The summed E-state index contributed by atoms with van der Waals surface area (Å²) >= 11 is 1.54. The molecule has 7 nitrogen and oxygen atoms in total. The number of amides is 4. The highest BCUT2D eigenvalue weighted by atomic mass is 32.2. The summed E-state index contributed by atoms with van der Waals surface area (Å²) in [5.74, 6) is -0.904. The molecular weight excluding hydrogens is 390 g/mol. The van der Waals surface area contributed by atoms with Crippen LogP contribution in [0.3, 0.4) is 0 Å².